The van der Waals surface area contributed by atoms with Crippen LogP contribution in [0.25, 0.3) is 0 Å². The summed E-state index contributed by atoms with van der Waals surface area (Å²) in [5.41, 5.74) is -0.237. The molecular weight excluding hydrogens is 284 g/mol. The van der Waals surface area contributed by atoms with E-state index in [0.717, 1.165) is 4.88 Å². The molecule has 0 atom stereocenters. The Labute approximate surface area is 119 Å². The lowest BCUT2D eigenvalue weighted by Crippen LogP contribution is -2.43. The molecule has 1 rings (SSSR count). The minimum atomic E-state index is -3.48. The lowest BCUT2D eigenvalue weighted by atomic mass is 9.92. The molecule has 0 saturated heterocycles. The summed E-state index contributed by atoms with van der Waals surface area (Å²) in [7, 11) is -1.97. The van der Waals surface area contributed by atoms with Gasteiger partial charge in [-0.3, -0.25) is 0 Å². The Morgan fingerprint density at radius 1 is 1.47 bits per heavy atom. The van der Waals surface area contributed by atoms with Crippen molar-refractivity contribution < 1.29 is 13.5 Å². The average Bonchev–Trinajstić information content (AvgIpc) is 2.88. The molecule has 0 radical (unpaired) electrons. The second-order valence-electron chi connectivity index (χ2n) is 5.09. The van der Waals surface area contributed by atoms with Gasteiger partial charge in [-0.05, 0) is 17.9 Å². The SMILES string of the molecule is CN(CCCO)S(=O)(=O)NCC(C)(C)c1cccs1. The van der Waals surface area contributed by atoms with Gasteiger partial charge in [0.25, 0.3) is 10.2 Å². The molecule has 0 aliphatic rings. The van der Waals surface area contributed by atoms with Gasteiger partial charge in [-0.1, -0.05) is 19.9 Å². The van der Waals surface area contributed by atoms with Gasteiger partial charge in [0.2, 0.25) is 0 Å². The van der Waals surface area contributed by atoms with Crippen molar-refractivity contribution in [1.82, 2.24) is 9.03 Å². The van der Waals surface area contributed by atoms with Crippen molar-refractivity contribution >= 4 is 21.5 Å². The lowest BCUT2D eigenvalue weighted by Gasteiger charge is -2.25. The largest absolute Gasteiger partial charge is 0.396 e. The second kappa shape index (κ2) is 6.81. The zero-order valence-corrected chi connectivity index (χ0v) is 13.2. The predicted molar refractivity (Wildman–Crippen MR) is 78.6 cm³/mol. The Hall–Kier alpha value is -0.470. The number of hydrogen-bond donors (Lipinski definition) is 2. The van der Waals surface area contributed by atoms with Crippen molar-refractivity contribution in [2.45, 2.75) is 25.7 Å². The van der Waals surface area contributed by atoms with Crippen molar-refractivity contribution in [2.24, 2.45) is 0 Å². The molecule has 1 aromatic rings. The Kier molecular flexibility index (Phi) is 5.94. The van der Waals surface area contributed by atoms with Gasteiger partial charge in [-0.15, -0.1) is 11.3 Å². The number of aliphatic hydroxyl groups excluding tert-OH is 1. The van der Waals surface area contributed by atoms with Crippen LogP contribution in [0.3, 0.4) is 0 Å². The first kappa shape index (κ1) is 16.6. The standard InChI is InChI=1S/C12H22N2O3S2/c1-12(2,11-6-4-9-18-11)10-13-19(16,17)14(3)7-5-8-15/h4,6,9,13,15H,5,7-8,10H2,1-3H3. The Morgan fingerprint density at radius 3 is 2.68 bits per heavy atom. The van der Waals surface area contributed by atoms with Gasteiger partial charge in [-0.25, -0.2) is 4.72 Å². The van der Waals surface area contributed by atoms with E-state index in [-0.39, 0.29) is 12.0 Å². The zero-order chi connectivity index (χ0) is 14.5. The normalized spacial score (nSPS) is 13.1. The monoisotopic (exact) mass is 306 g/mol. The minimum Gasteiger partial charge on any atom is -0.396 e. The van der Waals surface area contributed by atoms with E-state index in [1.54, 1.807) is 11.3 Å². The first-order valence-electron chi connectivity index (χ1n) is 6.15. The molecule has 19 heavy (non-hydrogen) atoms. The van der Waals surface area contributed by atoms with E-state index in [4.69, 9.17) is 5.11 Å². The third-order valence-corrected chi connectivity index (χ3v) is 5.67. The summed E-state index contributed by atoms with van der Waals surface area (Å²) >= 11 is 1.62. The Bertz CT molecular complexity index is 469. The highest BCUT2D eigenvalue weighted by Crippen LogP contribution is 2.26. The third kappa shape index (κ3) is 4.85. The van der Waals surface area contributed by atoms with Gasteiger partial charge in [0.05, 0.1) is 0 Å². The van der Waals surface area contributed by atoms with Crippen LogP contribution in [0, 0.1) is 0 Å². The maximum absolute atomic E-state index is 12.0. The topological polar surface area (TPSA) is 69.6 Å². The van der Waals surface area contributed by atoms with Gasteiger partial charge in [0, 0.05) is 37.0 Å². The van der Waals surface area contributed by atoms with Crippen molar-refractivity contribution in [3.8, 4) is 0 Å². The van der Waals surface area contributed by atoms with Crippen LogP contribution in [0.15, 0.2) is 17.5 Å². The summed E-state index contributed by atoms with van der Waals surface area (Å²) in [6, 6.07) is 3.97. The van der Waals surface area contributed by atoms with E-state index in [9.17, 15) is 8.42 Å². The fourth-order valence-corrected chi connectivity index (χ4v) is 3.53. The molecule has 0 aliphatic heterocycles. The van der Waals surface area contributed by atoms with Crippen LogP contribution in [0.5, 0.6) is 0 Å². The van der Waals surface area contributed by atoms with Crippen molar-refractivity contribution in [3.05, 3.63) is 22.4 Å². The molecule has 1 aromatic heterocycles. The number of hydrogen-bond acceptors (Lipinski definition) is 4. The first-order chi connectivity index (χ1) is 8.79. The van der Waals surface area contributed by atoms with E-state index in [1.807, 2.05) is 31.4 Å². The second-order valence-corrected chi connectivity index (χ2v) is 7.90. The number of nitrogens with one attached hydrogen (secondary N) is 1. The molecule has 0 fully saturated rings. The van der Waals surface area contributed by atoms with Crippen LogP contribution in [-0.4, -0.2) is 44.6 Å². The molecule has 0 bridgehead atoms. The van der Waals surface area contributed by atoms with E-state index in [1.165, 1.54) is 11.4 Å². The molecule has 0 spiro atoms. The number of thiophene rings is 1. The summed E-state index contributed by atoms with van der Waals surface area (Å²) in [5.74, 6) is 0. The van der Waals surface area contributed by atoms with Crippen LogP contribution in [0.1, 0.15) is 25.1 Å². The minimum absolute atomic E-state index is 0.0133. The summed E-state index contributed by atoms with van der Waals surface area (Å²) in [6.07, 6.45) is 0.436. The third-order valence-electron chi connectivity index (χ3n) is 2.93. The molecular formula is C12H22N2O3S2. The molecule has 0 aliphatic carbocycles. The molecule has 0 amide bonds. The highest BCUT2D eigenvalue weighted by Gasteiger charge is 2.25. The lowest BCUT2D eigenvalue weighted by molar-refractivity contribution is 0.275. The van der Waals surface area contributed by atoms with E-state index < -0.39 is 10.2 Å². The average molecular weight is 306 g/mol. The van der Waals surface area contributed by atoms with Crippen molar-refractivity contribution in [3.63, 3.8) is 0 Å². The predicted octanol–water partition coefficient (Wildman–Crippen LogP) is 1.17. The van der Waals surface area contributed by atoms with E-state index in [2.05, 4.69) is 4.72 Å². The summed E-state index contributed by atoms with van der Waals surface area (Å²) in [5, 5.41) is 10.7. The highest BCUT2D eigenvalue weighted by molar-refractivity contribution is 7.87. The fraction of sp³-hybridized carbons (Fsp3) is 0.667. The summed E-state index contributed by atoms with van der Waals surface area (Å²) in [4.78, 5) is 1.15. The molecule has 5 nitrogen and oxygen atoms in total. The Balaban J connectivity index is 2.60. The number of aliphatic hydroxyl groups is 1. The van der Waals surface area contributed by atoms with Gasteiger partial charge in [-0.2, -0.15) is 12.7 Å². The zero-order valence-electron chi connectivity index (χ0n) is 11.6. The molecule has 1 heterocycles. The molecule has 0 saturated carbocycles. The van der Waals surface area contributed by atoms with E-state index in [0.29, 0.717) is 19.5 Å². The van der Waals surface area contributed by atoms with Crippen LogP contribution in [0.2, 0.25) is 0 Å². The van der Waals surface area contributed by atoms with Crippen LogP contribution in [-0.2, 0) is 15.6 Å². The molecule has 2 N–H and O–H groups in total. The van der Waals surface area contributed by atoms with Gasteiger partial charge in [0.15, 0.2) is 0 Å². The maximum atomic E-state index is 12.0. The number of nitrogens with zero attached hydrogens (tertiary/aromatic N) is 1. The first-order valence-corrected chi connectivity index (χ1v) is 8.47. The van der Waals surface area contributed by atoms with Gasteiger partial charge < -0.3 is 5.11 Å². The summed E-state index contributed by atoms with van der Waals surface area (Å²) < 4.78 is 27.8. The maximum Gasteiger partial charge on any atom is 0.279 e. The van der Waals surface area contributed by atoms with Gasteiger partial charge >= 0.3 is 0 Å². The molecule has 0 unspecified atom stereocenters. The van der Waals surface area contributed by atoms with Crippen LogP contribution in [0.4, 0.5) is 0 Å². The van der Waals surface area contributed by atoms with Crippen molar-refractivity contribution in [1.29, 1.82) is 0 Å². The molecule has 7 heteroatoms. The number of rotatable bonds is 8. The smallest absolute Gasteiger partial charge is 0.279 e. The molecule has 110 valence electrons. The van der Waals surface area contributed by atoms with Crippen LogP contribution < -0.4 is 4.72 Å². The quantitative estimate of drug-likeness (QED) is 0.757. The Morgan fingerprint density at radius 2 is 2.16 bits per heavy atom. The van der Waals surface area contributed by atoms with Crippen LogP contribution >= 0.6 is 11.3 Å². The molecule has 0 aromatic carbocycles. The highest BCUT2D eigenvalue weighted by atomic mass is 32.2. The van der Waals surface area contributed by atoms with Crippen molar-refractivity contribution in [2.75, 3.05) is 26.7 Å². The van der Waals surface area contributed by atoms with E-state index >= 15 is 0 Å². The fourth-order valence-electron chi connectivity index (χ4n) is 1.55. The van der Waals surface area contributed by atoms with Gasteiger partial charge in [0.1, 0.15) is 0 Å². The summed E-state index contributed by atoms with van der Waals surface area (Å²) in [6.45, 7) is 4.66.